The molecule has 0 aliphatic heterocycles. The molecule has 7 heteroatoms. The predicted octanol–water partition coefficient (Wildman–Crippen LogP) is 2.93. The van der Waals surface area contributed by atoms with Crippen molar-refractivity contribution in [3.63, 3.8) is 0 Å². The molecule has 0 aromatic carbocycles. The monoisotopic (exact) mass is 320 g/mol. The lowest BCUT2D eigenvalue weighted by Crippen LogP contribution is -2.27. The molecule has 4 rings (SSSR count). The summed E-state index contributed by atoms with van der Waals surface area (Å²) in [5, 5.41) is 2.55. The van der Waals surface area contributed by atoms with E-state index in [0.717, 1.165) is 18.5 Å². The SMILES string of the molecule is O=C(NCC1CC1(F)F)c1cnc2c(c1)ncn2C1CCCC1. The van der Waals surface area contributed by atoms with Crippen molar-refractivity contribution < 1.29 is 13.6 Å². The van der Waals surface area contributed by atoms with E-state index in [2.05, 4.69) is 19.9 Å². The molecule has 1 amide bonds. The number of fused-ring (bicyclic) bond motifs is 1. The molecule has 1 atom stereocenters. The number of nitrogens with one attached hydrogen (secondary N) is 1. The fraction of sp³-hybridized carbons (Fsp3) is 0.562. The molecule has 0 saturated heterocycles. The quantitative estimate of drug-likeness (QED) is 0.942. The second kappa shape index (κ2) is 5.25. The molecule has 0 radical (unpaired) electrons. The lowest BCUT2D eigenvalue weighted by molar-refractivity contribution is 0.0895. The molecule has 23 heavy (non-hydrogen) atoms. The summed E-state index contributed by atoms with van der Waals surface area (Å²) < 4.78 is 27.7. The fourth-order valence-electron chi connectivity index (χ4n) is 3.30. The van der Waals surface area contributed by atoms with Crippen LogP contribution in [-0.2, 0) is 0 Å². The Labute approximate surface area is 132 Å². The summed E-state index contributed by atoms with van der Waals surface area (Å²) >= 11 is 0. The number of pyridine rings is 1. The van der Waals surface area contributed by atoms with Crippen molar-refractivity contribution in [2.45, 2.75) is 44.1 Å². The standard InChI is InChI=1S/C16H18F2N4O/c17-16(18)6-11(16)8-20-15(23)10-5-13-14(19-7-10)22(9-21-13)12-3-1-2-4-12/h5,7,9,11-12H,1-4,6,8H2,(H,20,23). The second-order valence-electron chi connectivity index (χ2n) is 6.53. The molecule has 122 valence electrons. The number of nitrogens with zero attached hydrogens (tertiary/aromatic N) is 3. The van der Waals surface area contributed by atoms with Crippen molar-refractivity contribution in [2.75, 3.05) is 6.54 Å². The fourth-order valence-corrected chi connectivity index (χ4v) is 3.30. The van der Waals surface area contributed by atoms with Gasteiger partial charge in [-0.05, 0) is 18.9 Å². The molecule has 2 aliphatic rings. The Morgan fingerprint density at radius 2 is 2.09 bits per heavy atom. The van der Waals surface area contributed by atoms with E-state index in [1.165, 1.54) is 19.0 Å². The number of hydrogen-bond donors (Lipinski definition) is 1. The van der Waals surface area contributed by atoms with Gasteiger partial charge in [0.25, 0.3) is 11.8 Å². The topological polar surface area (TPSA) is 59.8 Å². The summed E-state index contributed by atoms with van der Waals surface area (Å²) in [5.74, 6) is -3.72. The molecule has 2 heterocycles. The van der Waals surface area contributed by atoms with Gasteiger partial charge in [0, 0.05) is 31.1 Å². The third-order valence-corrected chi connectivity index (χ3v) is 4.86. The highest BCUT2D eigenvalue weighted by molar-refractivity contribution is 5.96. The summed E-state index contributed by atoms with van der Waals surface area (Å²) in [7, 11) is 0. The molecule has 2 fully saturated rings. The third-order valence-electron chi connectivity index (χ3n) is 4.86. The van der Waals surface area contributed by atoms with Crippen LogP contribution in [0, 0.1) is 5.92 Å². The van der Waals surface area contributed by atoms with Gasteiger partial charge in [-0.25, -0.2) is 18.7 Å². The normalized spacial score (nSPS) is 23.3. The molecule has 1 unspecified atom stereocenters. The lowest BCUT2D eigenvalue weighted by Gasteiger charge is -2.11. The van der Waals surface area contributed by atoms with Crippen molar-refractivity contribution in [1.29, 1.82) is 0 Å². The minimum Gasteiger partial charge on any atom is -0.351 e. The van der Waals surface area contributed by atoms with Crippen LogP contribution in [0.3, 0.4) is 0 Å². The number of aromatic nitrogens is 3. The van der Waals surface area contributed by atoms with Crippen LogP contribution in [0.25, 0.3) is 11.2 Å². The predicted molar refractivity (Wildman–Crippen MR) is 80.4 cm³/mol. The van der Waals surface area contributed by atoms with Gasteiger partial charge >= 0.3 is 0 Å². The maximum absolute atomic E-state index is 12.8. The second-order valence-corrected chi connectivity index (χ2v) is 6.53. The van der Waals surface area contributed by atoms with Crippen LogP contribution in [0.2, 0.25) is 0 Å². The first kappa shape index (κ1) is 14.5. The Balaban J connectivity index is 1.49. The average Bonchev–Trinajstić information content (AvgIpc) is 2.97. The summed E-state index contributed by atoms with van der Waals surface area (Å²) in [4.78, 5) is 20.8. The van der Waals surface area contributed by atoms with Crippen molar-refractivity contribution in [3.8, 4) is 0 Å². The van der Waals surface area contributed by atoms with E-state index in [1.54, 1.807) is 12.4 Å². The number of rotatable bonds is 4. The zero-order chi connectivity index (χ0) is 16.0. The molecule has 0 spiro atoms. The van der Waals surface area contributed by atoms with E-state index in [9.17, 15) is 13.6 Å². The molecule has 2 aromatic rings. The Morgan fingerprint density at radius 3 is 2.78 bits per heavy atom. The molecule has 2 aromatic heterocycles. The maximum atomic E-state index is 12.8. The first-order valence-electron chi connectivity index (χ1n) is 8.03. The van der Waals surface area contributed by atoms with Gasteiger partial charge in [0.2, 0.25) is 0 Å². The number of amides is 1. The average molecular weight is 320 g/mol. The summed E-state index contributed by atoms with van der Waals surface area (Å²) in [6, 6.07) is 2.11. The number of carbonyl (C=O) groups excluding carboxylic acids is 1. The third kappa shape index (κ3) is 2.68. The largest absolute Gasteiger partial charge is 0.351 e. The van der Waals surface area contributed by atoms with Gasteiger partial charge in [0.05, 0.1) is 11.9 Å². The van der Waals surface area contributed by atoms with Crippen LogP contribution >= 0.6 is 0 Å². The highest BCUT2D eigenvalue weighted by Crippen LogP contribution is 2.47. The highest BCUT2D eigenvalue weighted by atomic mass is 19.3. The number of hydrogen-bond acceptors (Lipinski definition) is 3. The Kier molecular flexibility index (Phi) is 3.32. The van der Waals surface area contributed by atoms with E-state index in [4.69, 9.17) is 0 Å². The van der Waals surface area contributed by atoms with Crippen molar-refractivity contribution in [2.24, 2.45) is 5.92 Å². The number of imidazole rings is 1. The molecular formula is C16H18F2N4O. The summed E-state index contributed by atoms with van der Waals surface area (Å²) in [6.07, 6.45) is 7.83. The van der Waals surface area contributed by atoms with Gasteiger partial charge in [-0.15, -0.1) is 0 Å². The first-order chi connectivity index (χ1) is 11.0. The molecule has 2 aliphatic carbocycles. The maximum Gasteiger partial charge on any atom is 0.253 e. The van der Waals surface area contributed by atoms with Gasteiger partial charge in [0.15, 0.2) is 5.65 Å². The van der Waals surface area contributed by atoms with Crippen LogP contribution in [0.15, 0.2) is 18.6 Å². The van der Waals surface area contributed by atoms with E-state index in [0.29, 0.717) is 17.1 Å². The van der Waals surface area contributed by atoms with Gasteiger partial charge < -0.3 is 9.88 Å². The van der Waals surface area contributed by atoms with Crippen molar-refractivity contribution in [3.05, 3.63) is 24.2 Å². The number of alkyl halides is 2. The minimum absolute atomic E-state index is 0.000382. The van der Waals surface area contributed by atoms with Gasteiger partial charge in [-0.2, -0.15) is 0 Å². The molecule has 2 saturated carbocycles. The van der Waals surface area contributed by atoms with Crippen LogP contribution in [0.5, 0.6) is 0 Å². The van der Waals surface area contributed by atoms with Crippen LogP contribution < -0.4 is 5.32 Å². The Bertz CT molecular complexity index is 752. The zero-order valence-corrected chi connectivity index (χ0v) is 12.6. The smallest absolute Gasteiger partial charge is 0.253 e. The minimum atomic E-state index is -2.62. The molecule has 1 N–H and O–H groups in total. The van der Waals surface area contributed by atoms with Crippen LogP contribution in [-0.4, -0.2) is 32.9 Å². The van der Waals surface area contributed by atoms with E-state index in [-0.39, 0.29) is 18.9 Å². The van der Waals surface area contributed by atoms with Crippen molar-refractivity contribution in [1.82, 2.24) is 19.9 Å². The van der Waals surface area contributed by atoms with Crippen LogP contribution in [0.1, 0.15) is 48.5 Å². The van der Waals surface area contributed by atoms with E-state index >= 15 is 0 Å². The summed E-state index contributed by atoms with van der Waals surface area (Å²) in [5.41, 5.74) is 1.81. The van der Waals surface area contributed by atoms with E-state index < -0.39 is 11.8 Å². The Hall–Kier alpha value is -2.05. The van der Waals surface area contributed by atoms with E-state index in [1.807, 2.05) is 0 Å². The van der Waals surface area contributed by atoms with Crippen LogP contribution in [0.4, 0.5) is 8.78 Å². The zero-order valence-electron chi connectivity index (χ0n) is 12.6. The molecule has 5 nitrogen and oxygen atoms in total. The number of halogens is 2. The van der Waals surface area contributed by atoms with Gasteiger partial charge in [0.1, 0.15) is 5.52 Å². The summed E-state index contributed by atoms with van der Waals surface area (Å²) in [6.45, 7) is 0.000382. The Morgan fingerprint density at radius 1 is 1.35 bits per heavy atom. The number of carbonyl (C=O) groups is 1. The molecule has 0 bridgehead atoms. The highest BCUT2D eigenvalue weighted by Gasteiger charge is 2.56. The van der Waals surface area contributed by atoms with Gasteiger partial charge in [-0.3, -0.25) is 4.79 Å². The lowest BCUT2D eigenvalue weighted by atomic mass is 10.2. The van der Waals surface area contributed by atoms with Crippen molar-refractivity contribution >= 4 is 17.1 Å². The first-order valence-corrected chi connectivity index (χ1v) is 8.03. The van der Waals surface area contributed by atoms with Gasteiger partial charge in [-0.1, -0.05) is 12.8 Å². The molecular weight excluding hydrogens is 302 g/mol.